The highest BCUT2D eigenvalue weighted by Gasteiger charge is 2.37. The van der Waals surface area contributed by atoms with Crippen molar-refractivity contribution in [3.8, 4) is 0 Å². The fourth-order valence-corrected chi connectivity index (χ4v) is 2.26. The maximum atomic E-state index is 11.8. The van der Waals surface area contributed by atoms with Crippen LogP contribution >= 0.6 is 0 Å². The molecule has 1 fully saturated rings. The summed E-state index contributed by atoms with van der Waals surface area (Å²) in [4.78, 5) is 29.5. The minimum Gasteiger partial charge on any atom is -0.481 e. The number of aromatic amines is 1. The van der Waals surface area contributed by atoms with Gasteiger partial charge in [0.1, 0.15) is 0 Å². The van der Waals surface area contributed by atoms with Gasteiger partial charge in [0.15, 0.2) is 0 Å². The maximum Gasteiger partial charge on any atom is 0.307 e. The molecule has 17 heavy (non-hydrogen) atoms. The summed E-state index contributed by atoms with van der Waals surface area (Å²) in [6, 6.07) is 0. The second kappa shape index (κ2) is 4.99. The molecular formula is C11H15N3O3. The number of nitrogens with zero attached hydrogens (tertiary/aromatic N) is 1. The van der Waals surface area contributed by atoms with Gasteiger partial charge in [-0.15, -0.1) is 0 Å². The number of rotatable bonds is 4. The van der Waals surface area contributed by atoms with Crippen molar-refractivity contribution in [2.45, 2.75) is 25.8 Å². The molecule has 3 N–H and O–H groups in total. The second-order valence-corrected chi connectivity index (χ2v) is 4.28. The zero-order valence-corrected chi connectivity index (χ0v) is 9.35. The average molecular weight is 237 g/mol. The number of carboxylic acid groups (broad SMARTS) is 1. The van der Waals surface area contributed by atoms with Gasteiger partial charge < -0.3 is 15.4 Å². The van der Waals surface area contributed by atoms with Crippen molar-refractivity contribution >= 4 is 11.9 Å². The van der Waals surface area contributed by atoms with Crippen LogP contribution in [0, 0.1) is 11.8 Å². The van der Waals surface area contributed by atoms with Gasteiger partial charge in [-0.2, -0.15) is 0 Å². The Labute approximate surface area is 98.4 Å². The lowest BCUT2D eigenvalue weighted by Crippen LogP contribution is -2.34. The fourth-order valence-electron chi connectivity index (χ4n) is 2.26. The first-order chi connectivity index (χ1) is 8.18. The van der Waals surface area contributed by atoms with E-state index in [1.807, 2.05) is 0 Å². The lowest BCUT2D eigenvalue weighted by atomic mass is 9.95. The van der Waals surface area contributed by atoms with E-state index in [0.29, 0.717) is 19.4 Å². The van der Waals surface area contributed by atoms with Crippen molar-refractivity contribution in [2.24, 2.45) is 11.8 Å². The SMILES string of the molecule is O=C(O)C1CCCC1C(=O)NCc1cnc[nH]1. The summed E-state index contributed by atoms with van der Waals surface area (Å²) in [6.07, 6.45) is 5.23. The van der Waals surface area contributed by atoms with Crippen LogP contribution in [0.15, 0.2) is 12.5 Å². The standard InChI is InChI=1S/C11H15N3O3/c15-10(13-5-7-4-12-6-14-7)8-2-1-3-9(8)11(16)17/h4,6,8-9H,1-3,5H2,(H,12,14)(H,13,15)(H,16,17). The highest BCUT2D eigenvalue weighted by molar-refractivity contribution is 5.85. The van der Waals surface area contributed by atoms with Crippen LogP contribution in [0.4, 0.5) is 0 Å². The molecule has 0 radical (unpaired) electrons. The van der Waals surface area contributed by atoms with Gasteiger partial charge in [0.05, 0.1) is 30.4 Å². The first-order valence-corrected chi connectivity index (χ1v) is 5.66. The van der Waals surface area contributed by atoms with Crippen molar-refractivity contribution in [1.29, 1.82) is 0 Å². The van der Waals surface area contributed by atoms with Crippen molar-refractivity contribution in [2.75, 3.05) is 0 Å². The van der Waals surface area contributed by atoms with Crippen molar-refractivity contribution in [3.05, 3.63) is 18.2 Å². The zero-order chi connectivity index (χ0) is 12.3. The predicted octanol–water partition coefficient (Wildman–Crippen LogP) is 0.527. The molecule has 0 spiro atoms. The van der Waals surface area contributed by atoms with E-state index in [1.165, 1.54) is 6.33 Å². The van der Waals surface area contributed by atoms with Gasteiger partial charge in [-0.05, 0) is 12.8 Å². The van der Waals surface area contributed by atoms with E-state index in [-0.39, 0.29) is 5.91 Å². The Morgan fingerprint density at radius 1 is 1.47 bits per heavy atom. The van der Waals surface area contributed by atoms with Crippen molar-refractivity contribution in [1.82, 2.24) is 15.3 Å². The number of nitrogens with one attached hydrogen (secondary N) is 2. The molecule has 6 nitrogen and oxygen atoms in total. The largest absolute Gasteiger partial charge is 0.481 e. The lowest BCUT2D eigenvalue weighted by molar-refractivity contribution is -0.146. The number of hydrogen-bond donors (Lipinski definition) is 3. The minimum absolute atomic E-state index is 0.176. The highest BCUT2D eigenvalue weighted by Crippen LogP contribution is 2.31. The van der Waals surface area contributed by atoms with Crippen LogP contribution in [0.2, 0.25) is 0 Å². The molecule has 1 aliphatic rings. The van der Waals surface area contributed by atoms with Crippen LogP contribution in [-0.4, -0.2) is 27.0 Å². The van der Waals surface area contributed by atoms with Crippen LogP contribution in [-0.2, 0) is 16.1 Å². The molecule has 2 rings (SSSR count). The monoisotopic (exact) mass is 237 g/mol. The van der Waals surface area contributed by atoms with E-state index in [2.05, 4.69) is 15.3 Å². The Hall–Kier alpha value is -1.85. The third-order valence-corrected chi connectivity index (χ3v) is 3.18. The number of aromatic nitrogens is 2. The van der Waals surface area contributed by atoms with Gasteiger partial charge in [0.25, 0.3) is 0 Å². The van der Waals surface area contributed by atoms with E-state index in [9.17, 15) is 9.59 Å². The number of carbonyl (C=O) groups is 2. The molecular weight excluding hydrogens is 222 g/mol. The first-order valence-electron chi connectivity index (χ1n) is 5.66. The van der Waals surface area contributed by atoms with E-state index in [4.69, 9.17) is 5.11 Å². The van der Waals surface area contributed by atoms with E-state index in [0.717, 1.165) is 12.1 Å². The molecule has 1 aromatic heterocycles. The summed E-state index contributed by atoms with van der Waals surface area (Å²) in [5, 5.41) is 11.7. The lowest BCUT2D eigenvalue weighted by Gasteiger charge is -2.14. The topological polar surface area (TPSA) is 95.1 Å². The second-order valence-electron chi connectivity index (χ2n) is 4.28. The highest BCUT2D eigenvalue weighted by atomic mass is 16.4. The summed E-state index contributed by atoms with van der Waals surface area (Å²) >= 11 is 0. The Balaban J connectivity index is 1.89. The third-order valence-electron chi connectivity index (χ3n) is 3.18. The van der Waals surface area contributed by atoms with Gasteiger partial charge >= 0.3 is 5.97 Å². The van der Waals surface area contributed by atoms with Gasteiger partial charge in [-0.25, -0.2) is 4.98 Å². The predicted molar refractivity (Wildman–Crippen MR) is 58.9 cm³/mol. The molecule has 92 valence electrons. The molecule has 1 aromatic rings. The smallest absolute Gasteiger partial charge is 0.307 e. The quantitative estimate of drug-likeness (QED) is 0.711. The molecule has 2 unspecified atom stereocenters. The molecule has 1 amide bonds. The normalized spacial score (nSPS) is 23.5. The van der Waals surface area contributed by atoms with E-state index < -0.39 is 17.8 Å². The summed E-state index contributed by atoms with van der Waals surface area (Å²) in [7, 11) is 0. The van der Waals surface area contributed by atoms with Crippen LogP contribution in [0.3, 0.4) is 0 Å². The number of imidazole rings is 1. The molecule has 1 saturated carbocycles. The average Bonchev–Trinajstić information content (AvgIpc) is 2.96. The molecule has 0 aliphatic heterocycles. The molecule has 0 aromatic carbocycles. The Bertz CT molecular complexity index is 402. The summed E-state index contributed by atoms with van der Waals surface area (Å²) in [6.45, 7) is 0.363. The number of hydrogen-bond acceptors (Lipinski definition) is 3. The third kappa shape index (κ3) is 2.64. The van der Waals surface area contributed by atoms with Gasteiger partial charge in [0, 0.05) is 6.20 Å². The van der Waals surface area contributed by atoms with Gasteiger partial charge in [-0.1, -0.05) is 6.42 Å². The van der Waals surface area contributed by atoms with Crippen LogP contribution in [0.25, 0.3) is 0 Å². The van der Waals surface area contributed by atoms with Crippen LogP contribution < -0.4 is 5.32 Å². The maximum absolute atomic E-state index is 11.8. The summed E-state index contributed by atoms with van der Waals surface area (Å²) in [5.41, 5.74) is 0.809. The fraction of sp³-hybridized carbons (Fsp3) is 0.545. The van der Waals surface area contributed by atoms with Crippen molar-refractivity contribution in [3.63, 3.8) is 0 Å². The van der Waals surface area contributed by atoms with E-state index >= 15 is 0 Å². The molecule has 1 aliphatic carbocycles. The molecule has 6 heteroatoms. The van der Waals surface area contributed by atoms with E-state index in [1.54, 1.807) is 6.20 Å². The summed E-state index contributed by atoms with van der Waals surface area (Å²) < 4.78 is 0. The van der Waals surface area contributed by atoms with Crippen LogP contribution in [0.5, 0.6) is 0 Å². The van der Waals surface area contributed by atoms with Crippen LogP contribution in [0.1, 0.15) is 25.0 Å². The zero-order valence-electron chi connectivity index (χ0n) is 9.35. The molecule has 1 heterocycles. The van der Waals surface area contributed by atoms with Gasteiger partial charge in [-0.3, -0.25) is 9.59 Å². The molecule has 0 bridgehead atoms. The first kappa shape index (κ1) is 11.6. The minimum atomic E-state index is -0.871. The molecule has 2 atom stereocenters. The summed E-state index contributed by atoms with van der Waals surface area (Å²) in [5.74, 6) is -1.97. The Morgan fingerprint density at radius 2 is 2.24 bits per heavy atom. The molecule has 0 saturated heterocycles. The van der Waals surface area contributed by atoms with Gasteiger partial charge in [0.2, 0.25) is 5.91 Å². The van der Waals surface area contributed by atoms with Crippen molar-refractivity contribution < 1.29 is 14.7 Å². The Morgan fingerprint density at radius 3 is 2.88 bits per heavy atom. The number of H-pyrrole nitrogens is 1. The number of aliphatic carboxylic acids is 1. The Kier molecular flexibility index (Phi) is 3.41. The number of carbonyl (C=O) groups excluding carboxylic acids is 1. The number of carboxylic acids is 1. The number of amides is 1.